The molecular weight excluding hydrogens is 186 g/mol. The highest BCUT2D eigenvalue weighted by atomic mass is 16.5. The molecule has 1 saturated carbocycles. The molecule has 1 atom stereocenters. The van der Waals surface area contributed by atoms with Crippen LogP contribution in [0.1, 0.15) is 12.8 Å². The first-order chi connectivity index (χ1) is 7.43. The molecule has 1 unspecified atom stereocenters. The molecule has 0 aromatic heterocycles. The molecule has 0 radical (unpaired) electrons. The smallest absolute Gasteiger partial charge is 0.0778 e. The van der Waals surface area contributed by atoms with E-state index in [2.05, 4.69) is 35.2 Å². The molecule has 1 aromatic carbocycles. The van der Waals surface area contributed by atoms with E-state index in [0.29, 0.717) is 6.10 Å². The summed E-state index contributed by atoms with van der Waals surface area (Å²) in [6.07, 6.45) is 3.22. The van der Waals surface area contributed by atoms with Crippen LogP contribution in [0.4, 0.5) is 5.69 Å². The second-order valence-corrected chi connectivity index (χ2v) is 4.53. The molecular formula is C13H17NO. The zero-order valence-electron chi connectivity index (χ0n) is 8.93. The van der Waals surface area contributed by atoms with Crippen molar-refractivity contribution in [1.82, 2.24) is 0 Å². The molecule has 2 nitrogen and oxygen atoms in total. The third-order valence-corrected chi connectivity index (χ3v) is 3.36. The van der Waals surface area contributed by atoms with Crippen molar-refractivity contribution < 1.29 is 4.74 Å². The molecule has 2 fully saturated rings. The second kappa shape index (κ2) is 3.86. The lowest BCUT2D eigenvalue weighted by Gasteiger charge is -2.34. The van der Waals surface area contributed by atoms with Crippen molar-refractivity contribution in [1.29, 1.82) is 0 Å². The van der Waals surface area contributed by atoms with Gasteiger partial charge in [-0.25, -0.2) is 0 Å². The predicted octanol–water partition coefficient (Wildman–Crippen LogP) is 2.30. The van der Waals surface area contributed by atoms with Gasteiger partial charge in [0.1, 0.15) is 0 Å². The normalized spacial score (nSPS) is 26.7. The quantitative estimate of drug-likeness (QED) is 0.731. The van der Waals surface area contributed by atoms with Crippen LogP contribution in [-0.4, -0.2) is 25.8 Å². The molecule has 2 heteroatoms. The Morgan fingerprint density at radius 2 is 1.93 bits per heavy atom. The van der Waals surface area contributed by atoms with E-state index in [-0.39, 0.29) is 0 Å². The molecule has 1 heterocycles. The van der Waals surface area contributed by atoms with Crippen LogP contribution < -0.4 is 4.90 Å². The van der Waals surface area contributed by atoms with E-state index in [4.69, 9.17) is 4.74 Å². The summed E-state index contributed by atoms with van der Waals surface area (Å²) in [4.78, 5) is 2.45. The summed E-state index contributed by atoms with van der Waals surface area (Å²) in [6.45, 7) is 3.00. The van der Waals surface area contributed by atoms with Crippen molar-refractivity contribution >= 4 is 5.69 Å². The topological polar surface area (TPSA) is 12.5 Å². The van der Waals surface area contributed by atoms with Crippen LogP contribution in [-0.2, 0) is 4.74 Å². The average molecular weight is 203 g/mol. The van der Waals surface area contributed by atoms with Crippen LogP contribution in [0, 0.1) is 5.92 Å². The number of morpholine rings is 1. The number of nitrogens with zero attached hydrogens (tertiary/aromatic N) is 1. The monoisotopic (exact) mass is 203 g/mol. The summed E-state index contributed by atoms with van der Waals surface area (Å²) in [6, 6.07) is 10.7. The molecule has 1 aromatic rings. The zero-order valence-corrected chi connectivity index (χ0v) is 8.93. The number of benzene rings is 1. The SMILES string of the molecule is c1ccc(N2CCOC(C3CC3)C2)cc1. The van der Waals surface area contributed by atoms with Crippen molar-refractivity contribution in [2.75, 3.05) is 24.6 Å². The lowest BCUT2D eigenvalue weighted by atomic mass is 10.1. The van der Waals surface area contributed by atoms with Crippen molar-refractivity contribution in [3.8, 4) is 0 Å². The van der Waals surface area contributed by atoms with Gasteiger partial charge in [-0.2, -0.15) is 0 Å². The van der Waals surface area contributed by atoms with E-state index in [1.165, 1.54) is 18.5 Å². The van der Waals surface area contributed by atoms with Gasteiger partial charge in [0, 0.05) is 18.8 Å². The maximum Gasteiger partial charge on any atom is 0.0778 e. The number of para-hydroxylation sites is 1. The van der Waals surface area contributed by atoms with Gasteiger partial charge in [-0.3, -0.25) is 0 Å². The van der Waals surface area contributed by atoms with E-state index in [9.17, 15) is 0 Å². The van der Waals surface area contributed by atoms with E-state index in [1.807, 2.05) is 0 Å². The highest BCUT2D eigenvalue weighted by Crippen LogP contribution is 2.36. The molecule has 0 N–H and O–H groups in total. The van der Waals surface area contributed by atoms with Gasteiger partial charge in [0.05, 0.1) is 12.7 Å². The fourth-order valence-electron chi connectivity index (χ4n) is 2.30. The average Bonchev–Trinajstić information content (AvgIpc) is 3.14. The number of anilines is 1. The minimum Gasteiger partial charge on any atom is -0.374 e. The molecule has 15 heavy (non-hydrogen) atoms. The van der Waals surface area contributed by atoms with E-state index in [1.54, 1.807) is 0 Å². The Kier molecular flexibility index (Phi) is 2.37. The molecule has 3 rings (SSSR count). The van der Waals surface area contributed by atoms with E-state index in [0.717, 1.165) is 25.6 Å². The van der Waals surface area contributed by atoms with Crippen molar-refractivity contribution in [3.05, 3.63) is 30.3 Å². The third kappa shape index (κ3) is 2.00. The number of ether oxygens (including phenoxy) is 1. The van der Waals surface area contributed by atoms with Gasteiger partial charge in [0.2, 0.25) is 0 Å². The highest BCUT2D eigenvalue weighted by molar-refractivity contribution is 5.46. The van der Waals surface area contributed by atoms with Gasteiger partial charge >= 0.3 is 0 Å². The fourth-order valence-corrected chi connectivity index (χ4v) is 2.30. The molecule has 80 valence electrons. The van der Waals surface area contributed by atoms with Crippen LogP contribution in [0.3, 0.4) is 0 Å². The van der Waals surface area contributed by atoms with Crippen LogP contribution in [0.5, 0.6) is 0 Å². The zero-order chi connectivity index (χ0) is 10.1. The molecule has 2 aliphatic rings. The van der Waals surface area contributed by atoms with Crippen LogP contribution in [0.2, 0.25) is 0 Å². The maximum absolute atomic E-state index is 5.81. The lowest BCUT2D eigenvalue weighted by molar-refractivity contribution is 0.0264. The maximum atomic E-state index is 5.81. The largest absolute Gasteiger partial charge is 0.374 e. The number of hydrogen-bond acceptors (Lipinski definition) is 2. The number of hydrogen-bond donors (Lipinski definition) is 0. The fraction of sp³-hybridized carbons (Fsp3) is 0.538. The second-order valence-electron chi connectivity index (χ2n) is 4.53. The Hall–Kier alpha value is -1.02. The molecule has 0 spiro atoms. The third-order valence-electron chi connectivity index (χ3n) is 3.36. The summed E-state index contributed by atoms with van der Waals surface area (Å²) in [5.74, 6) is 0.844. The molecule has 0 amide bonds. The summed E-state index contributed by atoms with van der Waals surface area (Å²) >= 11 is 0. The Morgan fingerprint density at radius 3 is 2.67 bits per heavy atom. The summed E-state index contributed by atoms with van der Waals surface area (Å²) < 4.78 is 5.81. The first-order valence-corrected chi connectivity index (χ1v) is 5.85. The minimum absolute atomic E-state index is 0.485. The van der Waals surface area contributed by atoms with E-state index < -0.39 is 0 Å². The van der Waals surface area contributed by atoms with E-state index >= 15 is 0 Å². The first kappa shape index (κ1) is 9.22. The Bertz CT molecular complexity index is 321. The van der Waals surface area contributed by atoms with Crippen molar-refractivity contribution in [3.63, 3.8) is 0 Å². The van der Waals surface area contributed by atoms with Gasteiger partial charge in [-0.1, -0.05) is 18.2 Å². The predicted molar refractivity (Wildman–Crippen MR) is 61.1 cm³/mol. The first-order valence-electron chi connectivity index (χ1n) is 5.85. The van der Waals surface area contributed by atoms with Crippen molar-refractivity contribution in [2.24, 2.45) is 5.92 Å². The van der Waals surface area contributed by atoms with Crippen LogP contribution in [0.15, 0.2) is 30.3 Å². The summed E-state index contributed by atoms with van der Waals surface area (Å²) in [7, 11) is 0. The highest BCUT2D eigenvalue weighted by Gasteiger charge is 2.35. The molecule has 1 aliphatic heterocycles. The Labute approximate surface area is 90.8 Å². The number of rotatable bonds is 2. The summed E-state index contributed by atoms with van der Waals surface area (Å²) in [5.41, 5.74) is 1.34. The van der Waals surface area contributed by atoms with Gasteiger partial charge in [0.25, 0.3) is 0 Å². The van der Waals surface area contributed by atoms with Crippen LogP contribution in [0.25, 0.3) is 0 Å². The van der Waals surface area contributed by atoms with Gasteiger partial charge < -0.3 is 9.64 Å². The Morgan fingerprint density at radius 1 is 1.13 bits per heavy atom. The minimum atomic E-state index is 0.485. The van der Waals surface area contributed by atoms with Crippen LogP contribution >= 0.6 is 0 Å². The molecule has 0 bridgehead atoms. The Balaban J connectivity index is 1.70. The van der Waals surface area contributed by atoms with Gasteiger partial charge in [-0.15, -0.1) is 0 Å². The van der Waals surface area contributed by atoms with Gasteiger partial charge in [0.15, 0.2) is 0 Å². The molecule has 1 aliphatic carbocycles. The lowest BCUT2D eigenvalue weighted by Crippen LogP contribution is -2.43. The van der Waals surface area contributed by atoms with Gasteiger partial charge in [-0.05, 0) is 30.9 Å². The van der Waals surface area contributed by atoms with Crippen molar-refractivity contribution in [2.45, 2.75) is 18.9 Å². The standard InChI is InChI=1S/C13H17NO/c1-2-4-12(5-3-1)14-8-9-15-13(10-14)11-6-7-11/h1-5,11,13H,6-10H2. The summed E-state index contributed by atoms with van der Waals surface area (Å²) in [5, 5.41) is 0. The molecule has 1 saturated heterocycles.